The molecule has 16 heavy (non-hydrogen) atoms. The number of hydrogen-bond donors (Lipinski definition) is 0. The second-order valence-electron chi connectivity index (χ2n) is 3.69. The lowest BCUT2D eigenvalue weighted by atomic mass is 10.2. The topological polar surface area (TPSA) is 53.3 Å². The lowest BCUT2D eigenvalue weighted by Gasteiger charge is -2.29. The van der Waals surface area contributed by atoms with Gasteiger partial charge in [0.15, 0.2) is 6.10 Å². The predicted octanol–water partition coefficient (Wildman–Crippen LogP) is 0.938. The molecule has 2 rings (SSSR count). The first-order valence-corrected chi connectivity index (χ1v) is 5.12. The number of nitriles is 1. The average molecular weight is 216 g/mol. The van der Waals surface area contributed by atoms with E-state index in [9.17, 15) is 4.79 Å². The molecular weight excluding hydrogens is 204 g/mol. The summed E-state index contributed by atoms with van der Waals surface area (Å²) in [7, 11) is 0. The van der Waals surface area contributed by atoms with Gasteiger partial charge >= 0.3 is 0 Å². The van der Waals surface area contributed by atoms with Crippen LogP contribution in [0.3, 0.4) is 0 Å². The van der Waals surface area contributed by atoms with Crippen molar-refractivity contribution in [2.24, 2.45) is 0 Å². The first-order valence-electron chi connectivity index (χ1n) is 5.12. The predicted molar refractivity (Wildman–Crippen MR) is 57.2 cm³/mol. The quantitative estimate of drug-likeness (QED) is 0.739. The van der Waals surface area contributed by atoms with Crippen molar-refractivity contribution in [3.05, 3.63) is 35.9 Å². The summed E-state index contributed by atoms with van der Waals surface area (Å²) < 4.78 is 5.05. The van der Waals surface area contributed by atoms with Gasteiger partial charge in [-0.3, -0.25) is 4.79 Å². The number of benzene rings is 1. The number of carbonyl (C=O) groups is 1. The maximum Gasteiger partial charge on any atom is 0.249 e. The fraction of sp³-hybridized carbons (Fsp3) is 0.333. The van der Waals surface area contributed by atoms with Gasteiger partial charge in [-0.1, -0.05) is 30.3 Å². The first-order chi connectivity index (χ1) is 7.79. The van der Waals surface area contributed by atoms with Crippen molar-refractivity contribution < 1.29 is 9.53 Å². The molecule has 1 unspecified atom stereocenters. The van der Waals surface area contributed by atoms with Gasteiger partial charge in [-0.25, -0.2) is 0 Å². The number of nitrogens with zero attached hydrogens (tertiary/aromatic N) is 2. The first kappa shape index (κ1) is 10.7. The molecule has 1 fully saturated rings. The Kier molecular flexibility index (Phi) is 3.18. The van der Waals surface area contributed by atoms with Gasteiger partial charge in [-0.05, 0) is 5.56 Å². The summed E-state index contributed by atoms with van der Waals surface area (Å²) in [5, 5.41) is 8.75. The SMILES string of the molecule is N#CC1CN(Cc2ccccc2)C(=O)CO1. The molecule has 1 atom stereocenters. The smallest absolute Gasteiger partial charge is 0.249 e. The van der Waals surface area contributed by atoms with Crippen LogP contribution in [0, 0.1) is 11.3 Å². The molecule has 1 aromatic carbocycles. The summed E-state index contributed by atoms with van der Waals surface area (Å²) >= 11 is 0. The van der Waals surface area contributed by atoms with Crippen LogP contribution in [0.15, 0.2) is 30.3 Å². The molecule has 1 saturated heterocycles. The van der Waals surface area contributed by atoms with E-state index < -0.39 is 6.10 Å². The molecule has 1 heterocycles. The maximum absolute atomic E-state index is 11.6. The fourth-order valence-corrected chi connectivity index (χ4v) is 1.65. The Bertz CT molecular complexity index is 411. The Labute approximate surface area is 94.0 Å². The van der Waals surface area contributed by atoms with Crippen molar-refractivity contribution in [2.45, 2.75) is 12.6 Å². The molecule has 0 aliphatic carbocycles. The molecule has 0 N–H and O–H groups in total. The summed E-state index contributed by atoms with van der Waals surface area (Å²) in [6, 6.07) is 11.7. The fourth-order valence-electron chi connectivity index (χ4n) is 1.65. The normalized spacial score (nSPS) is 20.6. The molecule has 4 heteroatoms. The minimum Gasteiger partial charge on any atom is -0.352 e. The van der Waals surface area contributed by atoms with Gasteiger partial charge in [0.1, 0.15) is 6.61 Å². The third-order valence-electron chi connectivity index (χ3n) is 2.51. The molecule has 0 spiro atoms. The molecule has 1 aliphatic rings. The van der Waals surface area contributed by atoms with Crippen molar-refractivity contribution in [1.29, 1.82) is 5.26 Å². The van der Waals surface area contributed by atoms with Crippen LogP contribution in [0.25, 0.3) is 0 Å². The molecule has 1 amide bonds. The highest BCUT2D eigenvalue weighted by molar-refractivity contribution is 5.78. The van der Waals surface area contributed by atoms with Crippen LogP contribution in [-0.2, 0) is 16.1 Å². The number of hydrogen-bond acceptors (Lipinski definition) is 3. The van der Waals surface area contributed by atoms with E-state index in [2.05, 4.69) is 0 Å². The highest BCUT2D eigenvalue weighted by atomic mass is 16.5. The largest absolute Gasteiger partial charge is 0.352 e. The van der Waals surface area contributed by atoms with Crippen molar-refractivity contribution >= 4 is 5.91 Å². The monoisotopic (exact) mass is 216 g/mol. The zero-order chi connectivity index (χ0) is 11.4. The molecule has 1 aliphatic heterocycles. The van der Waals surface area contributed by atoms with Crippen molar-refractivity contribution in [3.8, 4) is 6.07 Å². The number of carbonyl (C=O) groups excluding carboxylic acids is 1. The molecule has 0 bridgehead atoms. The van der Waals surface area contributed by atoms with Gasteiger partial charge in [0.2, 0.25) is 5.91 Å². The average Bonchev–Trinajstić information content (AvgIpc) is 2.33. The van der Waals surface area contributed by atoms with E-state index in [4.69, 9.17) is 10.00 Å². The van der Waals surface area contributed by atoms with E-state index in [1.54, 1.807) is 4.90 Å². The lowest BCUT2D eigenvalue weighted by Crippen LogP contribution is -2.45. The summed E-state index contributed by atoms with van der Waals surface area (Å²) in [5.74, 6) is -0.0599. The van der Waals surface area contributed by atoms with E-state index in [0.29, 0.717) is 13.1 Å². The van der Waals surface area contributed by atoms with Crippen LogP contribution >= 0.6 is 0 Å². The van der Waals surface area contributed by atoms with Gasteiger partial charge in [0.25, 0.3) is 0 Å². The van der Waals surface area contributed by atoms with E-state index in [1.807, 2.05) is 36.4 Å². The Morgan fingerprint density at radius 1 is 1.44 bits per heavy atom. The molecule has 82 valence electrons. The van der Waals surface area contributed by atoms with Crippen LogP contribution in [0.2, 0.25) is 0 Å². The zero-order valence-corrected chi connectivity index (χ0v) is 8.80. The minimum absolute atomic E-state index is 0.00502. The van der Waals surface area contributed by atoms with E-state index in [-0.39, 0.29) is 12.5 Å². The standard InChI is InChI=1S/C12H12N2O2/c13-6-11-8-14(12(15)9-16-11)7-10-4-2-1-3-5-10/h1-5,11H,7-9H2. The van der Waals surface area contributed by atoms with Crippen LogP contribution in [0.1, 0.15) is 5.56 Å². The van der Waals surface area contributed by atoms with Crippen molar-refractivity contribution in [1.82, 2.24) is 4.90 Å². The van der Waals surface area contributed by atoms with Gasteiger partial charge in [0, 0.05) is 6.54 Å². The van der Waals surface area contributed by atoms with Crippen molar-refractivity contribution in [2.75, 3.05) is 13.2 Å². The molecule has 4 nitrogen and oxygen atoms in total. The van der Waals surface area contributed by atoms with Crippen LogP contribution < -0.4 is 0 Å². The number of ether oxygens (including phenoxy) is 1. The van der Waals surface area contributed by atoms with Gasteiger partial charge < -0.3 is 9.64 Å². The second kappa shape index (κ2) is 4.77. The highest BCUT2D eigenvalue weighted by Gasteiger charge is 2.25. The second-order valence-corrected chi connectivity index (χ2v) is 3.69. The van der Waals surface area contributed by atoms with E-state index in [1.165, 1.54) is 0 Å². The third kappa shape index (κ3) is 2.38. The number of amides is 1. The maximum atomic E-state index is 11.6. The Morgan fingerprint density at radius 3 is 2.88 bits per heavy atom. The number of rotatable bonds is 2. The Balaban J connectivity index is 2.03. The number of morpholine rings is 1. The Morgan fingerprint density at radius 2 is 2.19 bits per heavy atom. The van der Waals surface area contributed by atoms with Gasteiger partial charge in [-0.2, -0.15) is 5.26 Å². The van der Waals surface area contributed by atoms with Crippen LogP contribution in [0.4, 0.5) is 0 Å². The molecule has 0 saturated carbocycles. The molecular formula is C12H12N2O2. The minimum atomic E-state index is -0.499. The van der Waals surface area contributed by atoms with E-state index in [0.717, 1.165) is 5.56 Å². The van der Waals surface area contributed by atoms with E-state index >= 15 is 0 Å². The molecule has 0 aromatic heterocycles. The third-order valence-corrected chi connectivity index (χ3v) is 2.51. The molecule has 1 aromatic rings. The summed E-state index contributed by atoms with van der Waals surface area (Å²) in [5.41, 5.74) is 1.06. The summed E-state index contributed by atoms with van der Waals surface area (Å²) in [6.07, 6.45) is -0.499. The highest BCUT2D eigenvalue weighted by Crippen LogP contribution is 2.10. The lowest BCUT2D eigenvalue weighted by molar-refractivity contribution is -0.146. The summed E-state index contributed by atoms with van der Waals surface area (Å²) in [4.78, 5) is 13.2. The summed E-state index contributed by atoms with van der Waals surface area (Å²) in [6.45, 7) is 0.899. The van der Waals surface area contributed by atoms with Crippen LogP contribution in [-0.4, -0.2) is 30.1 Å². The van der Waals surface area contributed by atoms with Crippen molar-refractivity contribution in [3.63, 3.8) is 0 Å². The zero-order valence-electron chi connectivity index (χ0n) is 8.80. The van der Waals surface area contributed by atoms with Crippen LogP contribution in [0.5, 0.6) is 0 Å². The molecule has 0 radical (unpaired) electrons. The van der Waals surface area contributed by atoms with Gasteiger partial charge in [-0.15, -0.1) is 0 Å². The van der Waals surface area contributed by atoms with Gasteiger partial charge in [0.05, 0.1) is 12.6 Å². The Hall–Kier alpha value is -1.86.